The molecule has 1 N–H and O–H groups in total. The van der Waals surface area contributed by atoms with Crippen molar-refractivity contribution in [3.63, 3.8) is 0 Å². The SMILES string of the molecule is Cc1oc2c(C(C)CO)cccc2c1C. The van der Waals surface area contributed by atoms with Gasteiger partial charge in [-0.25, -0.2) is 0 Å². The molecular weight excluding hydrogens is 188 g/mol. The largest absolute Gasteiger partial charge is 0.461 e. The smallest absolute Gasteiger partial charge is 0.138 e. The minimum absolute atomic E-state index is 0.124. The van der Waals surface area contributed by atoms with E-state index in [0.29, 0.717) is 0 Å². The Morgan fingerprint density at radius 2 is 2.07 bits per heavy atom. The number of hydrogen-bond donors (Lipinski definition) is 1. The second kappa shape index (κ2) is 3.70. The molecule has 0 radical (unpaired) electrons. The summed E-state index contributed by atoms with van der Waals surface area (Å²) >= 11 is 0. The maximum atomic E-state index is 9.18. The maximum Gasteiger partial charge on any atom is 0.138 e. The molecule has 1 aromatic heterocycles. The van der Waals surface area contributed by atoms with E-state index in [9.17, 15) is 5.11 Å². The van der Waals surface area contributed by atoms with Crippen molar-refractivity contribution < 1.29 is 9.52 Å². The van der Waals surface area contributed by atoms with Gasteiger partial charge in [0.15, 0.2) is 0 Å². The summed E-state index contributed by atoms with van der Waals surface area (Å²) in [6, 6.07) is 6.10. The zero-order valence-corrected chi connectivity index (χ0v) is 9.37. The lowest BCUT2D eigenvalue weighted by Gasteiger charge is -2.08. The van der Waals surface area contributed by atoms with Gasteiger partial charge in [0.1, 0.15) is 11.3 Å². The number of aryl methyl sites for hydroxylation is 2. The van der Waals surface area contributed by atoms with E-state index in [0.717, 1.165) is 22.3 Å². The van der Waals surface area contributed by atoms with Crippen LogP contribution in [-0.2, 0) is 0 Å². The molecular formula is C13H16O2. The molecule has 2 heteroatoms. The van der Waals surface area contributed by atoms with E-state index in [-0.39, 0.29) is 12.5 Å². The normalized spacial score (nSPS) is 13.3. The molecule has 0 aliphatic carbocycles. The van der Waals surface area contributed by atoms with Gasteiger partial charge >= 0.3 is 0 Å². The van der Waals surface area contributed by atoms with Crippen molar-refractivity contribution in [2.45, 2.75) is 26.7 Å². The van der Waals surface area contributed by atoms with Crippen molar-refractivity contribution in [3.05, 3.63) is 35.1 Å². The van der Waals surface area contributed by atoms with Crippen LogP contribution in [0.3, 0.4) is 0 Å². The lowest BCUT2D eigenvalue weighted by Crippen LogP contribution is -1.98. The predicted octanol–water partition coefficient (Wildman–Crippen LogP) is 3.15. The van der Waals surface area contributed by atoms with Crippen molar-refractivity contribution >= 4 is 11.0 Å². The zero-order chi connectivity index (χ0) is 11.0. The van der Waals surface area contributed by atoms with Gasteiger partial charge in [-0.3, -0.25) is 0 Å². The quantitative estimate of drug-likeness (QED) is 0.815. The highest BCUT2D eigenvalue weighted by Gasteiger charge is 2.14. The average molecular weight is 204 g/mol. The van der Waals surface area contributed by atoms with Crippen molar-refractivity contribution in [3.8, 4) is 0 Å². The molecule has 1 unspecified atom stereocenters. The van der Waals surface area contributed by atoms with Gasteiger partial charge in [0.05, 0.1) is 0 Å². The molecule has 0 amide bonds. The van der Waals surface area contributed by atoms with Crippen LogP contribution in [0.15, 0.2) is 22.6 Å². The maximum absolute atomic E-state index is 9.18. The Balaban J connectivity index is 2.71. The first-order valence-electron chi connectivity index (χ1n) is 5.24. The first-order chi connectivity index (χ1) is 7.15. The van der Waals surface area contributed by atoms with Gasteiger partial charge in [-0.2, -0.15) is 0 Å². The number of rotatable bonds is 2. The van der Waals surface area contributed by atoms with Crippen LogP contribution in [0.2, 0.25) is 0 Å². The molecule has 1 heterocycles. The highest BCUT2D eigenvalue weighted by atomic mass is 16.3. The van der Waals surface area contributed by atoms with Gasteiger partial charge in [-0.15, -0.1) is 0 Å². The summed E-state index contributed by atoms with van der Waals surface area (Å²) < 4.78 is 5.74. The Morgan fingerprint density at radius 1 is 1.33 bits per heavy atom. The van der Waals surface area contributed by atoms with Gasteiger partial charge < -0.3 is 9.52 Å². The Bertz CT molecular complexity index is 482. The fourth-order valence-electron chi connectivity index (χ4n) is 1.87. The van der Waals surface area contributed by atoms with E-state index in [4.69, 9.17) is 4.42 Å². The standard InChI is InChI=1S/C13H16O2/c1-8(7-14)11-5-4-6-12-9(2)10(3)15-13(11)12/h4-6,8,14H,7H2,1-3H3. The molecule has 2 aromatic rings. The predicted molar refractivity (Wildman–Crippen MR) is 61.2 cm³/mol. The topological polar surface area (TPSA) is 33.4 Å². The summed E-state index contributed by atoms with van der Waals surface area (Å²) in [5.41, 5.74) is 3.21. The molecule has 0 saturated heterocycles. The van der Waals surface area contributed by atoms with Crippen molar-refractivity contribution in [2.75, 3.05) is 6.61 Å². The fourth-order valence-corrected chi connectivity index (χ4v) is 1.87. The molecule has 80 valence electrons. The van der Waals surface area contributed by atoms with Crippen molar-refractivity contribution in [1.29, 1.82) is 0 Å². The molecule has 1 aromatic carbocycles. The summed E-state index contributed by atoms with van der Waals surface area (Å²) in [7, 11) is 0. The summed E-state index contributed by atoms with van der Waals surface area (Å²) in [6.07, 6.45) is 0. The molecule has 15 heavy (non-hydrogen) atoms. The van der Waals surface area contributed by atoms with Crippen molar-refractivity contribution in [2.24, 2.45) is 0 Å². The molecule has 0 bridgehead atoms. The van der Waals surface area contributed by atoms with Crippen LogP contribution >= 0.6 is 0 Å². The van der Waals surface area contributed by atoms with Gasteiger partial charge in [0, 0.05) is 23.5 Å². The number of hydrogen-bond acceptors (Lipinski definition) is 2. The third-order valence-electron chi connectivity index (χ3n) is 3.04. The second-order valence-electron chi connectivity index (χ2n) is 4.09. The van der Waals surface area contributed by atoms with Crippen LogP contribution < -0.4 is 0 Å². The Hall–Kier alpha value is -1.28. The Kier molecular flexibility index (Phi) is 2.53. The first-order valence-corrected chi connectivity index (χ1v) is 5.24. The number of benzene rings is 1. The highest BCUT2D eigenvalue weighted by Crippen LogP contribution is 2.31. The summed E-state index contributed by atoms with van der Waals surface area (Å²) in [5, 5.41) is 10.3. The van der Waals surface area contributed by atoms with Crippen LogP contribution in [0.5, 0.6) is 0 Å². The molecule has 0 fully saturated rings. The summed E-state index contributed by atoms with van der Waals surface area (Å²) in [4.78, 5) is 0. The minimum atomic E-state index is 0.124. The van der Waals surface area contributed by atoms with Gasteiger partial charge in [-0.1, -0.05) is 25.1 Å². The van der Waals surface area contributed by atoms with E-state index in [2.05, 4.69) is 13.0 Å². The Morgan fingerprint density at radius 3 is 2.73 bits per heavy atom. The molecule has 0 spiro atoms. The second-order valence-corrected chi connectivity index (χ2v) is 4.09. The van der Waals surface area contributed by atoms with E-state index >= 15 is 0 Å². The summed E-state index contributed by atoms with van der Waals surface area (Å²) in [5.74, 6) is 1.08. The molecule has 0 saturated carbocycles. The first kappa shape index (κ1) is 10.2. The molecule has 1 atom stereocenters. The van der Waals surface area contributed by atoms with Crippen LogP contribution in [-0.4, -0.2) is 11.7 Å². The lowest BCUT2D eigenvalue weighted by atomic mass is 9.99. The Labute approximate surface area is 89.5 Å². The van der Waals surface area contributed by atoms with Crippen LogP contribution in [0, 0.1) is 13.8 Å². The van der Waals surface area contributed by atoms with E-state index in [1.165, 1.54) is 5.56 Å². The van der Waals surface area contributed by atoms with Crippen LogP contribution in [0.25, 0.3) is 11.0 Å². The molecule has 0 aliphatic heterocycles. The van der Waals surface area contributed by atoms with E-state index < -0.39 is 0 Å². The van der Waals surface area contributed by atoms with E-state index in [1.807, 2.05) is 26.0 Å². The van der Waals surface area contributed by atoms with E-state index in [1.54, 1.807) is 0 Å². The fraction of sp³-hybridized carbons (Fsp3) is 0.385. The number of aliphatic hydroxyl groups excluding tert-OH is 1. The highest BCUT2D eigenvalue weighted by molar-refractivity contribution is 5.85. The monoisotopic (exact) mass is 204 g/mol. The zero-order valence-electron chi connectivity index (χ0n) is 9.37. The van der Waals surface area contributed by atoms with Crippen LogP contribution in [0.1, 0.15) is 29.7 Å². The summed E-state index contributed by atoms with van der Waals surface area (Å²) in [6.45, 7) is 6.19. The molecule has 2 nitrogen and oxygen atoms in total. The van der Waals surface area contributed by atoms with Gasteiger partial charge in [0.2, 0.25) is 0 Å². The minimum Gasteiger partial charge on any atom is -0.461 e. The number of aliphatic hydroxyl groups is 1. The van der Waals surface area contributed by atoms with Gasteiger partial charge in [0.25, 0.3) is 0 Å². The average Bonchev–Trinajstić information content (AvgIpc) is 2.54. The number of fused-ring (bicyclic) bond motifs is 1. The van der Waals surface area contributed by atoms with Gasteiger partial charge in [-0.05, 0) is 19.4 Å². The van der Waals surface area contributed by atoms with Crippen LogP contribution in [0.4, 0.5) is 0 Å². The molecule has 2 rings (SSSR count). The third kappa shape index (κ3) is 1.55. The third-order valence-corrected chi connectivity index (χ3v) is 3.04. The lowest BCUT2D eigenvalue weighted by molar-refractivity contribution is 0.273. The van der Waals surface area contributed by atoms with Crippen molar-refractivity contribution in [1.82, 2.24) is 0 Å². The number of furan rings is 1. The number of para-hydroxylation sites is 1. The molecule has 0 aliphatic rings.